The van der Waals surface area contributed by atoms with Crippen LogP contribution in [-0.2, 0) is 11.8 Å². The summed E-state index contributed by atoms with van der Waals surface area (Å²) in [6, 6.07) is 1.95. The number of nitrogens with one attached hydrogen (secondary N) is 1. The van der Waals surface area contributed by atoms with Crippen molar-refractivity contribution in [2.45, 2.75) is 13.8 Å². The van der Waals surface area contributed by atoms with Crippen molar-refractivity contribution >= 4 is 33.4 Å². The molecule has 1 fully saturated rings. The number of aryl methyl sites for hydroxylation is 2. The smallest absolute Gasteiger partial charge is 0.264 e. The van der Waals surface area contributed by atoms with Gasteiger partial charge in [0.15, 0.2) is 0 Å². The van der Waals surface area contributed by atoms with E-state index in [1.54, 1.807) is 0 Å². The van der Waals surface area contributed by atoms with Crippen molar-refractivity contribution in [2.75, 3.05) is 39.3 Å². The van der Waals surface area contributed by atoms with Gasteiger partial charge in [-0.1, -0.05) is 0 Å². The predicted octanol–water partition coefficient (Wildman–Crippen LogP) is 0.837. The van der Waals surface area contributed by atoms with Crippen LogP contribution in [0.5, 0.6) is 0 Å². The van der Waals surface area contributed by atoms with E-state index in [1.165, 1.54) is 11.3 Å². The van der Waals surface area contributed by atoms with E-state index >= 15 is 0 Å². The molecule has 1 N–H and O–H groups in total. The van der Waals surface area contributed by atoms with Gasteiger partial charge in [-0.25, -0.2) is 0 Å². The van der Waals surface area contributed by atoms with Gasteiger partial charge in [-0.2, -0.15) is 5.10 Å². The Balaban J connectivity index is 1.62. The van der Waals surface area contributed by atoms with Crippen LogP contribution < -0.4 is 5.32 Å². The Morgan fingerprint density at radius 2 is 2.00 bits per heavy atom. The molecule has 1 aliphatic rings. The first-order valence-electron chi connectivity index (χ1n) is 8.21. The normalized spacial score (nSPS) is 15.9. The molecule has 2 aromatic rings. The zero-order valence-corrected chi connectivity index (χ0v) is 15.2. The van der Waals surface area contributed by atoms with Crippen molar-refractivity contribution in [1.82, 2.24) is 24.9 Å². The summed E-state index contributed by atoms with van der Waals surface area (Å²) in [4.78, 5) is 30.1. The molecule has 0 atom stereocenters. The van der Waals surface area contributed by atoms with Gasteiger partial charge in [0, 0.05) is 45.2 Å². The van der Waals surface area contributed by atoms with E-state index in [0.29, 0.717) is 26.2 Å². The third-order valence-corrected chi connectivity index (χ3v) is 5.50. The minimum Gasteiger partial charge on any atom is -0.355 e. The summed E-state index contributed by atoms with van der Waals surface area (Å²) in [6.07, 6.45) is 0. The van der Waals surface area contributed by atoms with E-state index in [0.717, 1.165) is 33.9 Å². The van der Waals surface area contributed by atoms with Gasteiger partial charge < -0.3 is 10.2 Å². The molecule has 0 radical (unpaired) electrons. The number of amides is 2. The van der Waals surface area contributed by atoms with Gasteiger partial charge in [0.2, 0.25) is 5.91 Å². The molecule has 3 rings (SSSR count). The Kier molecular flexibility index (Phi) is 4.86. The Morgan fingerprint density at radius 1 is 1.29 bits per heavy atom. The van der Waals surface area contributed by atoms with Gasteiger partial charge in [-0.05, 0) is 19.9 Å². The van der Waals surface area contributed by atoms with E-state index < -0.39 is 0 Å². The van der Waals surface area contributed by atoms with Crippen LogP contribution in [-0.4, -0.2) is 70.7 Å². The van der Waals surface area contributed by atoms with Gasteiger partial charge in [0.1, 0.15) is 4.83 Å². The number of thiophene rings is 1. The van der Waals surface area contributed by atoms with Gasteiger partial charge in [0.25, 0.3) is 5.91 Å². The van der Waals surface area contributed by atoms with E-state index in [2.05, 4.69) is 15.3 Å². The topological polar surface area (TPSA) is 70.5 Å². The van der Waals surface area contributed by atoms with E-state index in [-0.39, 0.29) is 11.8 Å². The van der Waals surface area contributed by atoms with Crippen LogP contribution in [0.3, 0.4) is 0 Å². The lowest BCUT2D eigenvalue weighted by Crippen LogP contribution is -2.51. The first-order valence-corrected chi connectivity index (χ1v) is 9.02. The molecular formula is C16H23N5O2S. The molecule has 0 bridgehead atoms. The molecule has 0 unspecified atom stereocenters. The summed E-state index contributed by atoms with van der Waals surface area (Å²) < 4.78 is 1.83. The highest BCUT2D eigenvalue weighted by Crippen LogP contribution is 2.28. The minimum atomic E-state index is 0.0461. The molecule has 7 nitrogen and oxygen atoms in total. The van der Waals surface area contributed by atoms with Crippen LogP contribution in [0, 0.1) is 6.92 Å². The number of nitrogens with zero attached hydrogens (tertiary/aromatic N) is 4. The van der Waals surface area contributed by atoms with Crippen molar-refractivity contribution in [2.24, 2.45) is 7.05 Å². The van der Waals surface area contributed by atoms with E-state index in [4.69, 9.17) is 0 Å². The number of likely N-dealkylation sites (N-methyl/N-ethyl adjacent to an activating group) is 1. The second-order valence-electron chi connectivity index (χ2n) is 6.06. The van der Waals surface area contributed by atoms with Crippen molar-refractivity contribution in [3.05, 3.63) is 16.6 Å². The lowest BCUT2D eigenvalue weighted by Gasteiger charge is -2.34. The number of fused-ring (bicyclic) bond motifs is 1. The Hall–Kier alpha value is -1.93. The zero-order chi connectivity index (χ0) is 17.3. The maximum atomic E-state index is 12.7. The Labute approximate surface area is 145 Å². The average molecular weight is 349 g/mol. The largest absolute Gasteiger partial charge is 0.355 e. The number of hydrogen-bond donors (Lipinski definition) is 1. The van der Waals surface area contributed by atoms with Crippen LogP contribution in [0.4, 0.5) is 0 Å². The predicted molar refractivity (Wildman–Crippen MR) is 94.4 cm³/mol. The number of carbonyl (C=O) groups is 2. The van der Waals surface area contributed by atoms with Crippen molar-refractivity contribution in [3.63, 3.8) is 0 Å². The molecule has 8 heteroatoms. The van der Waals surface area contributed by atoms with Gasteiger partial charge >= 0.3 is 0 Å². The summed E-state index contributed by atoms with van der Waals surface area (Å²) >= 11 is 1.50. The Morgan fingerprint density at radius 3 is 2.62 bits per heavy atom. The monoisotopic (exact) mass is 349 g/mol. The molecule has 2 amide bonds. The molecule has 3 heterocycles. The summed E-state index contributed by atoms with van der Waals surface area (Å²) in [5.74, 6) is 0.123. The molecule has 0 aliphatic carbocycles. The van der Waals surface area contributed by atoms with Crippen LogP contribution in [0.2, 0.25) is 0 Å². The van der Waals surface area contributed by atoms with E-state index in [9.17, 15) is 9.59 Å². The average Bonchev–Trinajstić information content (AvgIpc) is 3.10. The maximum absolute atomic E-state index is 12.7. The van der Waals surface area contributed by atoms with Crippen molar-refractivity contribution in [1.29, 1.82) is 0 Å². The second kappa shape index (κ2) is 6.90. The Bertz CT molecular complexity index is 723. The molecule has 0 spiro atoms. The third-order valence-electron chi connectivity index (χ3n) is 4.31. The van der Waals surface area contributed by atoms with Crippen LogP contribution in [0.1, 0.15) is 22.3 Å². The number of carbonyl (C=O) groups excluding carboxylic acids is 2. The number of aromatic nitrogens is 2. The number of piperazine rings is 1. The highest BCUT2D eigenvalue weighted by molar-refractivity contribution is 7.20. The fourth-order valence-corrected chi connectivity index (χ4v) is 4.12. The fraction of sp³-hybridized carbons (Fsp3) is 0.562. The fourth-order valence-electron chi connectivity index (χ4n) is 3.03. The summed E-state index contributed by atoms with van der Waals surface area (Å²) in [6.45, 7) is 7.71. The summed E-state index contributed by atoms with van der Waals surface area (Å²) in [7, 11) is 1.90. The number of hydrogen-bond acceptors (Lipinski definition) is 5. The molecule has 1 aliphatic heterocycles. The lowest BCUT2D eigenvalue weighted by molar-refractivity contribution is -0.122. The van der Waals surface area contributed by atoms with Crippen LogP contribution in [0.15, 0.2) is 6.07 Å². The molecule has 2 aromatic heterocycles. The third kappa shape index (κ3) is 3.29. The summed E-state index contributed by atoms with van der Waals surface area (Å²) in [5, 5.41) is 8.24. The van der Waals surface area contributed by atoms with Crippen LogP contribution >= 0.6 is 11.3 Å². The van der Waals surface area contributed by atoms with Crippen molar-refractivity contribution in [3.8, 4) is 0 Å². The van der Waals surface area contributed by atoms with Gasteiger partial charge in [-0.15, -0.1) is 11.3 Å². The molecule has 130 valence electrons. The highest BCUT2D eigenvalue weighted by Gasteiger charge is 2.25. The molecule has 1 saturated heterocycles. The SMILES string of the molecule is CCNC(=O)CN1CCN(C(=O)c2cc3c(C)nn(C)c3s2)CC1. The highest BCUT2D eigenvalue weighted by atomic mass is 32.1. The molecule has 24 heavy (non-hydrogen) atoms. The zero-order valence-electron chi connectivity index (χ0n) is 14.3. The quantitative estimate of drug-likeness (QED) is 0.888. The minimum absolute atomic E-state index is 0.0461. The van der Waals surface area contributed by atoms with Crippen molar-refractivity contribution < 1.29 is 9.59 Å². The second-order valence-corrected chi connectivity index (χ2v) is 7.09. The molecular weight excluding hydrogens is 326 g/mol. The standard InChI is InChI=1S/C16H23N5O2S/c1-4-17-14(22)10-20-5-7-21(8-6-20)15(23)13-9-12-11(2)18-19(3)16(12)24-13/h9H,4-8,10H2,1-3H3,(H,17,22). The van der Waals surface area contributed by atoms with Gasteiger partial charge in [0.05, 0.1) is 17.1 Å². The van der Waals surface area contributed by atoms with E-state index in [1.807, 2.05) is 36.5 Å². The molecule has 0 saturated carbocycles. The maximum Gasteiger partial charge on any atom is 0.264 e. The first kappa shape index (κ1) is 16.9. The molecule has 0 aromatic carbocycles. The summed E-state index contributed by atoms with van der Waals surface area (Å²) in [5.41, 5.74) is 0.953. The number of rotatable bonds is 4. The van der Waals surface area contributed by atoms with Crippen LogP contribution in [0.25, 0.3) is 10.2 Å². The lowest BCUT2D eigenvalue weighted by atomic mass is 10.2. The van der Waals surface area contributed by atoms with Gasteiger partial charge in [-0.3, -0.25) is 19.2 Å². The first-order chi connectivity index (χ1) is 11.5.